The quantitative estimate of drug-likeness (QED) is 0.332. The van der Waals surface area contributed by atoms with Crippen LogP contribution in [0, 0.1) is 24.0 Å². The van der Waals surface area contributed by atoms with E-state index in [9.17, 15) is 19.7 Å². The largest absolute Gasteiger partial charge is 0.312 e. The van der Waals surface area contributed by atoms with E-state index in [1.807, 2.05) is 32.0 Å². The fourth-order valence-corrected chi connectivity index (χ4v) is 4.41. The highest BCUT2D eigenvalue weighted by atomic mass is 32.1. The fourth-order valence-electron chi connectivity index (χ4n) is 3.57. The van der Waals surface area contributed by atoms with Crippen molar-refractivity contribution in [2.75, 3.05) is 16.8 Å². The maximum absolute atomic E-state index is 12.6. The van der Waals surface area contributed by atoms with Crippen molar-refractivity contribution < 1.29 is 14.5 Å². The summed E-state index contributed by atoms with van der Waals surface area (Å²) in [5.41, 5.74) is 3.40. The molecule has 1 aliphatic rings. The van der Waals surface area contributed by atoms with Gasteiger partial charge in [0.2, 0.25) is 16.9 Å². The summed E-state index contributed by atoms with van der Waals surface area (Å²) in [6.45, 7) is 4.55. The van der Waals surface area contributed by atoms with E-state index in [2.05, 4.69) is 15.5 Å². The highest BCUT2D eigenvalue weighted by Gasteiger charge is 2.34. The molecule has 0 radical (unpaired) electrons. The number of carbonyl (C=O) groups excluding carboxylic acids is 2. The minimum absolute atomic E-state index is 0.0245. The number of amides is 2. The van der Waals surface area contributed by atoms with E-state index < -0.39 is 10.8 Å². The van der Waals surface area contributed by atoms with Crippen LogP contribution in [-0.4, -0.2) is 33.5 Å². The predicted octanol–water partition coefficient (Wildman–Crippen LogP) is 4.24. The van der Waals surface area contributed by atoms with E-state index in [1.54, 1.807) is 23.1 Å². The van der Waals surface area contributed by atoms with Crippen molar-refractivity contribution in [2.24, 2.45) is 0 Å². The Morgan fingerprint density at radius 2 is 2.00 bits per heavy atom. The number of aryl methyl sites for hydroxylation is 2. The summed E-state index contributed by atoms with van der Waals surface area (Å²) in [5, 5.41) is 22.9. The van der Waals surface area contributed by atoms with Gasteiger partial charge in [0, 0.05) is 36.7 Å². The second-order valence-electron chi connectivity index (χ2n) is 7.76. The van der Waals surface area contributed by atoms with Crippen LogP contribution in [0.1, 0.15) is 34.0 Å². The second-order valence-corrected chi connectivity index (χ2v) is 8.77. The smallest absolute Gasteiger partial charge is 0.276 e. The van der Waals surface area contributed by atoms with E-state index in [1.165, 1.54) is 35.1 Å². The number of carbonyl (C=O) groups is 2. The molecule has 2 aromatic carbocycles. The molecule has 1 aliphatic heterocycles. The zero-order valence-electron chi connectivity index (χ0n) is 18.0. The SMILES string of the molecule is Cc1ccc(N2CC(c3nnc(NC(=O)/C=C/c4ccccc4[N+](=O)[O-])s3)CC2=O)cc1C. The molecule has 1 aromatic heterocycles. The number of rotatable bonds is 6. The van der Waals surface area contributed by atoms with Gasteiger partial charge in [-0.3, -0.25) is 25.0 Å². The van der Waals surface area contributed by atoms with Gasteiger partial charge in [-0.2, -0.15) is 0 Å². The molecular formula is C23H21N5O4S. The molecule has 1 atom stereocenters. The first kappa shape index (κ1) is 22.3. The number of nitro benzene ring substituents is 1. The Hall–Kier alpha value is -3.92. The van der Waals surface area contributed by atoms with Crippen molar-refractivity contribution >= 4 is 45.7 Å². The van der Waals surface area contributed by atoms with Gasteiger partial charge < -0.3 is 4.90 Å². The summed E-state index contributed by atoms with van der Waals surface area (Å²) >= 11 is 1.22. The molecule has 33 heavy (non-hydrogen) atoms. The highest BCUT2D eigenvalue weighted by Crippen LogP contribution is 2.34. The Kier molecular flexibility index (Phi) is 6.27. The summed E-state index contributed by atoms with van der Waals surface area (Å²) < 4.78 is 0. The van der Waals surface area contributed by atoms with Crippen molar-refractivity contribution in [1.29, 1.82) is 0 Å². The molecule has 1 unspecified atom stereocenters. The van der Waals surface area contributed by atoms with Crippen molar-refractivity contribution in [3.8, 4) is 0 Å². The van der Waals surface area contributed by atoms with Gasteiger partial charge in [-0.25, -0.2) is 0 Å². The third-order valence-electron chi connectivity index (χ3n) is 5.49. The number of hydrogen-bond acceptors (Lipinski definition) is 7. The van der Waals surface area contributed by atoms with Crippen LogP contribution in [0.3, 0.4) is 0 Å². The van der Waals surface area contributed by atoms with Crippen molar-refractivity contribution in [2.45, 2.75) is 26.2 Å². The Bertz CT molecular complexity index is 1270. The number of nitrogens with zero attached hydrogens (tertiary/aromatic N) is 4. The molecule has 9 nitrogen and oxygen atoms in total. The molecule has 2 amide bonds. The number of para-hydroxylation sites is 1. The first-order chi connectivity index (χ1) is 15.8. The van der Waals surface area contributed by atoms with Gasteiger partial charge in [0.05, 0.1) is 10.5 Å². The molecule has 3 aromatic rings. The van der Waals surface area contributed by atoms with Crippen molar-refractivity contribution in [1.82, 2.24) is 10.2 Å². The molecule has 2 heterocycles. The van der Waals surface area contributed by atoms with Gasteiger partial charge >= 0.3 is 0 Å². The van der Waals surface area contributed by atoms with Crippen LogP contribution >= 0.6 is 11.3 Å². The van der Waals surface area contributed by atoms with Crippen molar-refractivity contribution in [3.05, 3.63) is 80.4 Å². The normalized spacial score (nSPS) is 15.9. The Labute approximate surface area is 193 Å². The zero-order valence-corrected chi connectivity index (χ0v) is 18.8. The third-order valence-corrected chi connectivity index (χ3v) is 6.50. The van der Waals surface area contributed by atoms with E-state index >= 15 is 0 Å². The van der Waals surface area contributed by atoms with Crippen molar-refractivity contribution in [3.63, 3.8) is 0 Å². The summed E-state index contributed by atoms with van der Waals surface area (Å²) in [7, 11) is 0. The van der Waals surface area contributed by atoms with Crippen LogP contribution in [0.4, 0.5) is 16.5 Å². The molecule has 4 rings (SSSR count). The summed E-state index contributed by atoms with van der Waals surface area (Å²) in [6.07, 6.45) is 2.92. The molecule has 0 aliphatic carbocycles. The lowest BCUT2D eigenvalue weighted by atomic mass is 10.1. The molecule has 1 fully saturated rings. The number of nitrogens with one attached hydrogen (secondary N) is 1. The molecule has 1 N–H and O–H groups in total. The number of benzene rings is 2. The first-order valence-corrected chi connectivity index (χ1v) is 11.1. The predicted molar refractivity (Wildman–Crippen MR) is 126 cm³/mol. The highest BCUT2D eigenvalue weighted by molar-refractivity contribution is 7.15. The lowest BCUT2D eigenvalue weighted by Gasteiger charge is -2.17. The molecule has 10 heteroatoms. The van der Waals surface area contributed by atoms with Gasteiger partial charge in [-0.05, 0) is 49.2 Å². The minimum Gasteiger partial charge on any atom is -0.312 e. The summed E-state index contributed by atoms with van der Waals surface area (Å²) in [5.74, 6) is -0.559. The van der Waals surface area contributed by atoms with Gasteiger partial charge in [0.15, 0.2) is 0 Å². The van der Waals surface area contributed by atoms with Gasteiger partial charge in [-0.15, -0.1) is 10.2 Å². The maximum Gasteiger partial charge on any atom is 0.276 e. The lowest BCUT2D eigenvalue weighted by Crippen LogP contribution is -2.24. The maximum atomic E-state index is 12.6. The fraction of sp³-hybridized carbons (Fsp3) is 0.217. The molecule has 1 saturated heterocycles. The number of hydrogen-bond donors (Lipinski definition) is 1. The molecule has 0 bridgehead atoms. The molecule has 168 valence electrons. The summed E-state index contributed by atoms with van der Waals surface area (Å²) in [4.78, 5) is 37.2. The van der Waals surface area contributed by atoms with Crippen LogP contribution in [0.15, 0.2) is 48.5 Å². The Morgan fingerprint density at radius 1 is 1.21 bits per heavy atom. The minimum atomic E-state index is -0.501. The van der Waals surface area contributed by atoms with Gasteiger partial charge in [-0.1, -0.05) is 29.5 Å². The topological polar surface area (TPSA) is 118 Å². The molecular weight excluding hydrogens is 442 g/mol. The monoisotopic (exact) mass is 463 g/mol. The van der Waals surface area contributed by atoms with E-state index in [0.29, 0.717) is 28.7 Å². The molecule has 0 spiro atoms. The van der Waals surface area contributed by atoms with Crippen LogP contribution in [-0.2, 0) is 9.59 Å². The van der Waals surface area contributed by atoms with E-state index in [0.717, 1.165) is 11.3 Å². The lowest BCUT2D eigenvalue weighted by molar-refractivity contribution is -0.385. The second kappa shape index (κ2) is 9.29. The summed E-state index contributed by atoms with van der Waals surface area (Å²) in [6, 6.07) is 12.1. The zero-order chi connectivity index (χ0) is 23.5. The van der Waals surface area contributed by atoms with E-state index in [4.69, 9.17) is 0 Å². The average molecular weight is 464 g/mol. The Balaban J connectivity index is 1.41. The van der Waals surface area contributed by atoms with Gasteiger partial charge in [0.1, 0.15) is 5.01 Å². The third kappa shape index (κ3) is 4.96. The first-order valence-electron chi connectivity index (χ1n) is 10.3. The molecule has 0 saturated carbocycles. The average Bonchev–Trinajstić information content (AvgIpc) is 3.41. The van der Waals surface area contributed by atoms with E-state index in [-0.39, 0.29) is 17.5 Å². The number of aromatic nitrogens is 2. The van der Waals surface area contributed by atoms with Crippen LogP contribution < -0.4 is 10.2 Å². The number of anilines is 2. The number of nitro groups is 1. The Morgan fingerprint density at radius 3 is 2.76 bits per heavy atom. The van der Waals surface area contributed by atoms with Crippen LogP contribution in [0.5, 0.6) is 0 Å². The standard InChI is InChI=1S/C23H21N5O4S/c1-14-7-9-18(11-15(14)2)27-13-17(12-21(27)30)22-25-26-23(33-22)24-20(29)10-8-16-5-3-4-6-19(16)28(31)32/h3-11,17H,12-13H2,1-2H3,(H,24,26,29)/b10-8+. The van der Waals surface area contributed by atoms with Gasteiger partial charge in [0.25, 0.3) is 5.69 Å². The van der Waals surface area contributed by atoms with Crippen LogP contribution in [0.2, 0.25) is 0 Å². The van der Waals surface area contributed by atoms with Crippen LogP contribution in [0.25, 0.3) is 6.08 Å².